The second-order valence-electron chi connectivity index (χ2n) is 5.55. The standard InChI is InChI=1S/C17H19N5O4S/c1-25-11-4-3-10(7-12(11)26-2)5-6-18-13(23)8-27-17-21-15-14(16(24)22-17)19-9-20-15/h3-4,7,9H,5-6,8H2,1-2H3,(H,18,23)(H2,19,20,21,22,24). The molecule has 3 rings (SSSR count). The largest absolute Gasteiger partial charge is 0.493 e. The monoisotopic (exact) mass is 389 g/mol. The van der Waals surface area contributed by atoms with Crippen LogP contribution in [0.5, 0.6) is 11.5 Å². The summed E-state index contributed by atoms with van der Waals surface area (Å²) in [6, 6.07) is 5.64. The Balaban J connectivity index is 1.49. The van der Waals surface area contributed by atoms with E-state index in [1.54, 1.807) is 14.2 Å². The van der Waals surface area contributed by atoms with Crippen LogP contribution in [0.15, 0.2) is 34.5 Å². The van der Waals surface area contributed by atoms with Gasteiger partial charge < -0.3 is 19.8 Å². The van der Waals surface area contributed by atoms with Crippen molar-refractivity contribution in [1.29, 1.82) is 0 Å². The van der Waals surface area contributed by atoms with Gasteiger partial charge in [-0.3, -0.25) is 14.6 Å². The molecule has 2 heterocycles. The van der Waals surface area contributed by atoms with Crippen molar-refractivity contribution in [3.05, 3.63) is 40.4 Å². The molecule has 142 valence electrons. The Hall–Kier alpha value is -3.01. The number of benzene rings is 1. The highest BCUT2D eigenvalue weighted by atomic mass is 32.2. The van der Waals surface area contributed by atoms with E-state index in [0.29, 0.717) is 40.8 Å². The Morgan fingerprint density at radius 1 is 1.26 bits per heavy atom. The summed E-state index contributed by atoms with van der Waals surface area (Å²) in [5.41, 5.74) is 1.36. The third-order valence-electron chi connectivity index (χ3n) is 3.80. The summed E-state index contributed by atoms with van der Waals surface area (Å²) >= 11 is 1.15. The van der Waals surface area contributed by atoms with Crippen molar-refractivity contribution >= 4 is 28.8 Å². The lowest BCUT2D eigenvalue weighted by Crippen LogP contribution is -2.27. The zero-order valence-corrected chi connectivity index (χ0v) is 15.7. The average molecular weight is 389 g/mol. The second kappa shape index (κ2) is 8.58. The van der Waals surface area contributed by atoms with Crippen molar-refractivity contribution in [3.63, 3.8) is 0 Å². The van der Waals surface area contributed by atoms with Crippen LogP contribution in [0.25, 0.3) is 11.2 Å². The molecule has 10 heteroatoms. The molecule has 0 spiro atoms. The van der Waals surface area contributed by atoms with Gasteiger partial charge in [0, 0.05) is 6.54 Å². The Morgan fingerprint density at radius 3 is 2.85 bits per heavy atom. The Morgan fingerprint density at radius 2 is 2.07 bits per heavy atom. The summed E-state index contributed by atoms with van der Waals surface area (Å²) in [4.78, 5) is 37.3. The van der Waals surface area contributed by atoms with Crippen LogP contribution in [0.3, 0.4) is 0 Å². The van der Waals surface area contributed by atoms with E-state index in [1.807, 2.05) is 18.2 Å². The number of ether oxygens (including phenoxy) is 2. The van der Waals surface area contributed by atoms with Crippen LogP contribution < -0.4 is 20.3 Å². The smallest absolute Gasteiger partial charge is 0.277 e. The van der Waals surface area contributed by atoms with E-state index in [-0.39, 0.29) is 17.2 Å². The maximum absolute atomic E-state index is 12.0. The Bertz CT molecular complexity index is 1000. The quantitative estimate of drug-likeness (QED) is 0.390. The van der Waals surface area contributed by atoms with Crippen molar-refractivity contribution < 1.29 is 14.3 Å². The molecular formula is C17H19N5O4S. The van der Waals surface area contributed by atoms with Gasteiger partial charge in [0.2, 0.25) is 5.91 Å². The molecule has 3 N–H and O–H groups in total. The Labute approximate surface area is 158 Å². The van der Waals surface area contributed by atoms with Crippen molar-refractivity contribution in [2.45, 2.75) is 11.6 Å². The first-order valence-electron chi connectivity index (χ1n) is 8.14. The summed E-state index contributed by atoms with van der Waals surface area (Å²) in [6.07, 6.45) is 2.06. The van der Waals surface area contributed by atoms with Crippen LogP contribution in [0.1, 0.15) is 5.56 Å². The predicted molar refractivity (Wildman–Crippen MR) is 101 cm³/mol. The molecule has 27 heavy (non-hydrogen) atoms. The molecule has 0 atom stereocenters. The molecule has 0 radical (unpaired) electrons. The number of hydrogen-bond acceptors (Lipinski definition) is 7. The highest BCUT2D eigenvalue weighted by molar-refractivity contribution is 7.99. The molecule has 0 fully saturated rings. The molecule has 1 amide bonds. The van der Waals surface area contributed by atoms with Crippen molar-refractivity contribution in [2.75, 3.05) is 26.5 Å². The number of carbonyl (C=O) groups excluding carboxylic acids is 1. The fourth-order valence-corrected chi connectivity index (χ4v) is 3.14. The van der Waals surface area contributed by atoms with Crippen LogP contribution in [0.2, 0.25) is 0 Å². The fraction of sp³-hybridized carbons (Fsp3) is 0.294. The van der Waals surface area contributed by atoms with Crippen LogP contribution >= 0.6 is 11.8 Å². The van der Waals surface area contributed by atoms with Gasteiger partial charge in [-0.05, 0) is 24.1 Å². The number of fused-ring (bicyclic) bond motifs is 1. The van der Waals surface area contributed by atoms with Crippen molar-refractivity contribution in [3.8, 4) is 11.5 Å². The molecule has 0 unspecified atom stereocenters. The number of imidazole rings is 1. The molecule has 2 aromatic heterocycles. The zero-order chi connectivity index (χ0) is 19.2. The number of aromatic nitrogens is 4. The number of nitrogens with zero attached hydrogens (tertiary/aromatic N) is 2. The highest BCUT2D eigenvalue weighted by Crippen LogP contribution is 2.27. The molecular weight excluding hydrogens is 370 g/mol. The number of nitrogens with one attached hydrogen (secondary N) is 3. The summed E-state index contributed by atoms with van der Waals surface area (Å²) in [6.45, 7) is 0.483. The third-order valence-corrected chi connectivity index (χ3v) is 4.67. The van der Waals surface area contributed by atoms with Crippen LogP contribution in [0.4, 0.5) is 0 Å². The van der Waals surface area contributed by atoms with E-state index < -0.39 is 0 Å². The summed E-state index contributed by atoms with van der Waals surface area (Å²) in [7, 11) is 3.17. The molecule has 0 saturated heterocycles. The minimum Gasteiger partial charge on any atom is -0.493 e. The minimum atomic E-state index is -0.311. The van der Waals surface area contributed by atoms with Gasteiger partial charge in [-0.1, -0.05) is 17.8 Å². The fourth-order valence-electron chi connectivity index (χ4n) is 2.46. The van der Waals surface area contributed by atoms with Crippen molar-refractivity contribution in [1.82, 2.24) is 25.3 Å². The SMILES string of the molecule is COc1ccc(CCNC(=O)CSc2nc3nc[nH]c3c(=O)[nH]2)cc1OC. The van der Waals surface area contributed by atoms with Gasteiger partial charge in [0.15, 0.2) is 27.8 Å². The van der Waals surface area contributed by atoms with Gasteiger partial charge in [0.1, 0.15) is 0 Å². The molecule has 0 aliphatic heterocycles. The molecule has 3 aromatic rings. The van der Waals surface area contributed by atoms with E-state index in [0.717, 1.165) is 17.3 Å². The second-order valence-corrected chi connectivity index (χ2v) is 6.51. The van der Waals surface area contributed by atoms with E-state index in [4.69, 9.17) is 9.47 Å². The summed E-state index contributed by atoms with van der Waals surface area (Å²) < 4.78 is 10.5. The van der Waals surface area contributed by atoms with E-state index in [1.165, 1.54) is 6.33 Å². The first-order chi connectivity index (χ1) is 13.1. The summed E-state index contributed by atoms with van der Waals surface area (Å²) in [5.74, 6) is 1.31. The number of thioether (sulfide) groups is 1. The van der Waals surface area contributed by atoms with Gasteiger partial charge in [-0.15, -0.1) is 0 Å². The van der Waals surface area contributed by atoms with E-state index >= 15 is 0 Å². The molecule has 0 saturated carbocycles. The molecule has 9 nitrogen and oxygen atoms in total. The zero-order valence-electron chi connectivity index (χ0n) is 14.9. The predicted octanol–water partition coefficient (Wildman–Crippen LogP) is 1.11. The normalized spacial score (nSPS) is 10.7. The van der Waals surface area contributed by atoms with Crippen LogP contribution in [-0.2, 0) is 11.2 Å². The lowest BCUT2D eigenvalue weighted by molar-refractivity contribution is -0.118. The number of rotatable bonds is 8. The number of amides is 1. The topological polar surface area (TPSA) is 122 Å². The number of H-pyrrole nitrogens is 2. The average Bonchev–Trinajstić information content (AvgIpc) is 3.15. The molecule has 1 aromatic carbocycles. The van der Waals surface area contributed by atoms with Gasteiger partial charge >= 0.3 is 0 Å². The van der Waals surface area contributed by atoms with Crippen LogP contribution in [0, 0.1) is 0 Å². The number of methoxy groups -OCH3 is 2. The maximum Gasteiger partial charge on any atom is 0.277 e. The van der Waals surface area contributed by atoms with E-state index in [9.17, 15) is 9.59 Å². The van der Waals surface area contributed by atoms with Gasteiger partial charge in [-0.2, -0.15) is 0 Å². The first kappa shape index (κ1) is 18.8. The van der Waals surface area contributed by atoms with Crippen LogP contribution in [-0.4, -0.2) is 52.4 Å². The van der Waals surface area contributed by atoms with Gasteiger partial charge in [0.25, 0.3) is 5.56 Å². The Kier molecular flexibility index (Phi) is 5.97. The van der Waals surface area contributed by atoms with Crippen molar-refractivity contribution in [2.24, 2.45) is 0 Å². The maximum atomic E-state index is 12.0. The van der Waals surface area contributed by atoms with E-state index in [2.05, 4.69) is 25.3 Å². The highest BCUT2D eigenvalue weighted by Gasteiger charge is 2.09. The van der Waals surface area contributed by atoms with Gasteiger partial charge in [0.05, 0.1) is 26.3 Å². The lowest BCUT2D eigenvalue weighted by Gasteiger charge is -2.10. The first-order valence-corrected chi connectivity index (χ1v) is 9.13. The molecule has 0 aliphatic carbocycles. The third kappa shape index (κ3) is 4.59. The summed E-state index contributed by atoms with van der Waals surface area (Å²) in [5, 5.41) is 3.20. The molecule has 0 bridgehead atoms. The number of hydrogen-bond donors (Lipinski definition) is 3. The number of aromatic amines is 2. The lowest BCUT2D eigenvalue weighted by atomic mass is 10.1. The van der Waals surface area contributed by atoms with Gasteiger partial charge in [-0.25, -0.2) is 9.97 Å². The number of carbonyl (C=O) groups is 1. The minimum absolute atomic E-state index is 0.144. The molecule has 0 aliphatic rings.